The minimum Gasteiger partial charge on any atom is -0.356 e. The number of nitrogens with one attached hydrogen (secondary N) is 2. The second-order valence-corrected chi connectivity index (χ2v) is 4.38. The highest BCUT2D eigenvalue weighted by Gasteiger charge is 2.04. The predicted molar refractivity (Wildman–Crippen MR) is 78.0 cm³/mol. The van der Waals surface area contributed by atoms with E-state index in [1.807, 2.05) is 18.2 Å². The SMILES string of the molecule is CN=C(NCCC(=O)N(C)C)NCc1ccccc1. The molecule has 0 aromatic heterocycles. The number of guanidine groups is 1. The van der Waals surface area contributed by atoms with Crippen LogP contribution in [0.4, 0.5) is 0 Å². The molecule has 0 aliphatic heterocycles. The van der Waals surface area contributed by atoms with E-state index in [9.17, 15) is 4.79 Å². The van der Waals surface area contributed by atoms with Gasteiger partial charge in [-0.1, -0.05) is 30.3 Å². The maximum atomic E-state index is 11.4. The third-order valence-electron chi connectivity index (χ3n) is 2.66. The fourth-order valence-corrected chi connectivity index (χ4v) is 1.51. The van der Waals surface area contributed by atoms with Gasteiger partial charge in [0.05, 0.1) is 0 Å². The molecule has 0 aliphatic rings. The summed E-state index contributed by atoms with van der Waals surface area (Å²) in [4.78, 5) is 17.1. The van der Waals surface area contributed by atoms with Crippen LogP contribution in [0.5, 0.6) is 0 Å². The lowest BCUT2D eigenvalue weighted by Gasteiger charge is -2.13. The van der Waals surface area contributed by atoms with Gasteiger partial charge in [0.25, 0.3) is 0 Å². The molecule has 0 atom stereocenters. The Hall–Kier alpha value is -2.04. The van der Waals surface area contributed by atoms with Crippen molar-refractivity contribution in [2.45, 2.75) is 13.0 Å². The predicted octanol–water partition coefficient (Wildman–Crippen LogP) is 0.830. The molecule has 104 valence electrons. The van der Waals surface area contributed by atoms with Crippen molar-refractivity contribution < 1.29 is 4.79 Å². The smallest absolute Gasteiger partial charge is 0.223 e. The van der Waals surface area contributed by atoms with Crippen molar-refractivity contribution in [3.8, 4) is 0 Å². The number of hydrogen-bond donors (Lipinski definition) is 2. The first kappa shape index (κ1) is 15.0. The topological polar surface area (TPSA) is 56.7 Å². The van der Waals surface area contributed by atoms with Crippen LogP contribution in [0.3, 0.4) is 0 Å². The number of rotatable bonds is 5. The van der Waals surface area contributed by atoms with Crippen molar-refractivity contribution in [2.24, 2.45) is 4.99 Å². The lowest BCUT2D eigenvalue weighted by atomic mass is 10.2. The summed E-state index contributed by atoms with van der Waals surface area (Å²) in [6.45, 7) is 1.29. The Balaban J connectivity index is 2.29. The van der Waals surface area contributed by atoms with Gasteiger partial charge in [-0.25, -0.2) is 0 Å². The summed E-state index contributed by atoms with van der Waals surface area (Å²) in [6, 6.07) is 10.1. The highest BCUT2D eigenvalue weighted by atomic mass is 16.2. The van der Waals surface area contributed by atoms with E-state index in [0.29, 0.717) is 25.5 Å². The molecule has 0 heterocycles. The Morgan fingerprint density at radius 1 is 1.21 bits per heavy atom. The normalized spacial score (nSPS) is 11.0. The highest BCUT2D eigenvalue weighted by molar-refractivity contribution is 5.81. The summed E-state index contributed by atoms with van der Waals surface area (Å²) in [5.74, 6) is 0.807. The summed E-state index contributed by atoms with van der Waals surface area (Å²) in [6.07, 6.45) is 0.457. The number of amides is 1. The van der Waals surface area contributed by atoms with Gasteiger partial charge in [-0.2, -0.15) is 0 Å². The molecule has 1 aromatic rings. The van der Waals surface area contributed by atoms with E-state index < -0.39 is 0 Å². The van der Waals surface area contributed by atoms with Gasteiger partial charge in [0.2, 0.25) is 5.91 Å². The molecule has 0 saturated carbocycles. The molecule has 19 heavy (non-hydrogen) atoms. The standard InChI is InChI=1S/C14H22N4O/c1-15-14(16-10-9-13(19)18(2)3)17-11-12-7-5-4-6-8-12/h4-8H,9-11H2,1-3H3,(H2,15,16,17). The Kier molecular flexibility index (Phi) is 6.43. The van der Waals surface area contributed by atoms with E-state index in [4.69, 9.17) is 0 Å². The monoisotopic (exact) mass is 262 g/mol. The van der Waals surface area contributed by atoms with Crippen LogP contribution in [-0.2, 0) is 11.3 Å². The Morgan fingerprint density at radius 3 is 2.47 bits per heavy atom. The van der Waals surface area contributed by atoms with E-state index in [1.165, 1.54) is 5.56 Å². The largest absolute Gasteiger partial charge is 0.356 e. The molecule has 0 saturated heterocycles. The zero-order valence-corrected chi connectivity index (χ0v) is 11.8. The van der Waals surface area contributed by atoms with E-state index in [0.717, 1.165) is 0 Å². The van der Waals surface area contributed by atoms with Crippen LogP contribution in [0.2, 0.25) is 0 Å². The third-order valence-corrected chi connectivity index (χ3v) is 2.66. The molecule has 0 spiro atoms. The molecule has 0 radical (unpaired) electrons. The molecule has 0 aliphatic carbocycles. The summed E-state index contributed by atoms with van der Waals surface area (Å²) in [5.41, 5.74) is 1.19. The second-order valence-electron chi connectivity index (χ2n) is 4.38. The lowest BCUT2D eigenvalue weighted by Crippen LogP contribution is -2.38. The molecule has 2 N–H and O–H groups in total. The van der Waals surface area contributed by atoms with Gasteiger partial charge >= 0.3 is 0 Å². The van der Waals surface area contributed by atoms with Gasteiger partial charge in [0.1, 0.15) is 0 Å². The molecule has 0 fully saturated rings. The maximum Gasteiger partial charge on any atom is 0.223 e. The first-order valence-electron chi connectivity index (χ1n) is 6.32. The Labute approximate surface area is 114 Å². The van der Waals surface area contributed by atoms with Crippen LogP contribution in [0.25, 0.3) is 0 Å². The van der Waals surface area contributed by atoms with Gasteiger partial charge in [-0.15, -0.1) is 0 Å². The molecule has 1 amide bonds. The van der Waals surface area contributed by atoms with Crippen LogP contribution in [-0.4, -0.2) is 44.5 Å². The van der Waals surface area contributed by atoms with Gasteiger partial charge < -0.3 is 15.5 Å². The third kappa shape index (κ3) is 5.90. The molecule has 1 rings (SSSR count). The Bertz CT molecular complexity index is 415. The van der Waals surface area contributed by atoms with Crippen LogP contribution < -0.4 is 10.6 Å². The zero-order chi connectivity index (χ0) is 14.1. The average molecular weight is 262 g/mol. The molecule has 5 heteroatoms. The van der Waals surface area contributed by atoms with Crippen molar-refractivity contribution in [1.29, 1.82) is 0 Å². The number of hydrogen-bond acceptors (Lipinski definition) is 2. The van der Waals surface area contributed by atoms with E-state index in [2.05, 4.69) is 27.8 Å². The molecule has 0 bridgehead atoms. The first-order chi connectivity index (χ1) is 9.13. The molecule has 5 nitrogen and oxygen atoms in total. The lowest BCUT2D eigenvalue weighted by molar-refractivity contribution is -0.128. The Morgan fingerprint density at radius 2 is 1.89 bits per heavy atom. The number of aliphatic imine (C=N–C) groups is 1. The van der Waals surface area contributed by atoms with Crippen LogP contribution in [0, 0.1) is 0 Å². The average Bonchev–Trinajstić information content (AvgIpc) is 2.43. The van der Waals surface area contributed by atoms with Gasteiger partial charge in [0.15, 0.2) is 5.96 Å². The maximum absolute atomic E-state index is 11.4. The zero-order valence-electron chi connectivity index (χ0n) is 11.8. The van der Waals surface area contributed by atoms with Crippen molar-refractivity contribution in [2.75, 3.05) is 27.7 Å². The van der Waals surface area contributed by atoms with Gasteiger partial charge in [0, 0.05) is 40.7 Å². The van der Waals surface area contributed by atoms with Crippen molar-refractivity contribution >= 4 is 11.9 Å². The van der Waals surface area contributed by atoms with Crippen molar-refractivity contribution in [3.05, 3.63) is 35.9 Å². The number of carbonyl (C=O) groups is 1. The summed E-state index contributed by atoms with van der Waals surface area (Å²) in [7, 11) is 5.23. The number of carbonyl (C=O) groups excluding carboxylic acids is 1. The van der Waals surface area contributed by atoms with E-state index in [1.54, 1.807) is 26.0 Å². The van der Waals surface area contributed by atoms with Crippen LogP contribution in [0.1, 0.15) is 12.0 Å². The molecule has 1 aromatic carbocycles. The minimum atomic E-state index is 0.103. The van der Waals surface area contributed by atoms with Gasteiger partial charge in [-0.05, 0) is 5.56 Å². The molecular formula is C14H22N4O. The van der Waals surface area contributed by atoms with Crippen molar-refractivity contribution in [1.82, 2.24) is 15.5 Å². The summed E-state index contributed by atoms with van der Waals surface area (Å²) in [5, 5.41) is 6.32. The molecular weight excluding hydrogens is 240 g/mol. The summed E-state index contributed by atoms with van der Waals surface area (Å²) >= 11 is 0. The number of nitrogens with zero attached hydrogens (tertiary/aromatic N) is 2. The molecule has 0 unspecified atom stereocenters. The second kappa shape index (κ2) is 8.13. The highest BCUT2D eigenvalue weighted by Crippen LogP contribution is 1.96. The fourth-order valence-electron chi connectivity index (χ4n) is 1.51. The van der Waals surface area contributed by atoms with Crippen molar-refractivity contribution in [3.63, 3.8) is 0 Å². The van der Waals surface area contributed by atoms with E-state index >= 15 is 0 Å². The number of benzene rings is 1. The van der Waals surface area contributed by atoms with Gasteiger partial charge in [-0.3, -0.25) is 9.79 Å². The minimum absolute atomic E-state index is 0.103. The van der Waals surface area contributed by atoms with Crippen LogP contribution >= 0.6 is 0 Å². The summed E-state index contributed by atoms with van der Waals surface area (Å²) < 4.78 is 0. The first-order valence-corrected chi connectivity index (χ1v) is 6.32. The quantitative estimate of drug-likeness (QED) is 0.610. The van der Waals surface area contributed by atoms with Crippen LogP contribution in [0.15, 0.2) is 35.3 Å². The fraction of sp³-hybridized carbons (Fsp3) is 0.429. The van der Waals surface area contributed by atoms with E-state index in [-0.39, 0.29) is 5.91 Å².